The van der Waals surface area contributed by atoms with E-state index in [4.69, 9.17) is 12.2 Å². The highest BCUT2D eigenvalue weighted by atomic mass is 79.9. The van der Waals surface area contributed by atoms with Crippen LogP contribution in [0.25, 0.3) is 0 Å². The highest BCUT2D eigenvalue weighted by Crippen LogP contribution is 2.09. The second kappa shape index (κ2) is 7.40. The van der Waals surface area contributed by atoms with Gasteiger partial charge in [0.25, 0.3) is 0 Å². The fourth-order valence-corrected chi connectivity index (χ4v) is 1.81. The molecule has 0 radical (unpaired) electrons. The molecule has 0 unspecified atom stereocenters. The van der Waals surface area contributed by atoms with E-state index in [0.717, 1.165) is 23.0 Å². The summed E-state index contributed by atoms with van der Waals surface area (Å²) in [4.78, 5) is 11.4. The molecular formula is C12H15BrN2OS. The van der Waals surface area contributed by atoms with Gasteiger partial charge in [-0.05, 0) is 43.3 Å². The van der Waals surface area contributed by atoms with Crippen LogP contribution in [0.5, 0.6) is 0 Å². The second-order valence-electron chi connectivity index (χ2n) is 3.66. The van der Waals surface area contributed by atoms with Crippen molar-refractivity contribution in [2.45, 2.75) is 19.8 Å². The van der Waals surface area contributed by atoms with Crippen molar-refractivity contribution in [3.05, 3.63) is 29.8 Å². The quantitative estimate of drug-likeness (QED) is 0.663. The van der Waals surface area contributed by atoms with Crippen molar-refractivity contribution in [3.8, 4) is 0 Å². The molecule has 0 aliphatic carbocycles. The van der Waals surface area contributed by atoms with Gasteiger partial charge in [0.1, 0.15) is 0 Å². The number of thiocarbonyl (C=S) groups is 1. The zero-order valence-electron chi connectivity index (χ0n) is 9.63. The molecule has 0 aliphatic heterocycles. The fourth-order valence-electron chi connectivity index (χ4n) is 1.30. The molecule has 0 aromatic heterocycles. The Morgan fingerprint density at radius 1 is 1.47 bits per heavy atom. The zero-order chi connectivity index (χ0) is 12.7. The van der Waals surface area contributed by atoms with Gasteiger partial charge in [-0.3, -0.25) is 4.79 Å². The van der Waals surface area contributed by atoms with Gasteiger partial charge >= 0.3 is 0 Å². The molecule has 0 spiro atoms. The average Bonchev–Trinajstić information content (AvgIpc) is 2.26. The van der Waals surface area contributed by atoms with Crippen LogP contribution in [0.4, 0.5) is 5.69 Å². The van der Waals surface area contributed by atoms with Gasteiger partial charge in [0.05, 0.1) is 0 Å². The molecule has 0 bridgehead atoms. The molecule has 1 rings (SSSR count). The van der Waals surface area contributed by atoms with Gasteiger partial charge in [-0.25, -0.2) is 0 Å². The van der Waals surface area contributed by atoms with E-state index in [1.165, 1.54) is 0 Å². The van der Waals surface area contributed by atoms with E-state index in [1.54, 1.807) is 0 Å². The Bertz CT molecular complexity index is 409. The minimum Gasteiger partial charge on any atom is -0.332 e. The maximum absolute atomic E-state index is 11.4. The van der Waals surface area contributed by atoms with Crippen LogP contribution in [0.2, 0.25) is 0 Å². The highest BCUT2D eigenvalue weighted by Gasteiger charge is 2.04. The van der Waals surface area contributed by atoms with Gasteiger partial charge in [-0.1, -0.05) is 28.1 Å². The molecule has 1 aromatic rings. The van der Waals surface area contributed by atoms with E-state index in [-0.39, 0.29) is 5.91 Å². The summed E-state index contributed by atoms with van der Waals surface area (Å²) >= 11 is 8.33. The molecule has 0 aliphatic rings. The van der Waals surface area contributed by atoms with Crippen LogP contribution in [0.1, 0.15) is 18.4 Å². The van der Waals surface area contributed by atoms with Crippen LogP contribution < -0.4 is 10.6 Å². The summed E-state index contributed by atoms with van der Waals surface area (Å²) in [6.45, 7) is 2.00. The van der Waals surface area contributed by atoms with Crippen molar-refractivity contribution in [2.75, 3.05) is 10.6 Å². The number of rotatable bonds is 4. The number of hydrogen-bond acceptors (Lipinski definition) is 2. The van der Waals surface area contributed by atoms with Crippen molar-refractivity contribution in [1.29, 1.82) is 0 Å². The Morgan fingerprint density at radius 2 is 2.24 bits per heavy atom. The van der Waals surface area contributed by atoms with E-state index >= 15 is 0 Å². The molecular weight excluding hydrogens is 300 g/mol. The SMILES string of the molecule is Cc1cccc(NC(=S)NC(=O)CCCBr)c1. The van der Waals surface area contributed by atoms with Gasteiger partial charge in [0, 0.05) is 17.4 Å². The maximum Gasteiger partial charge on any atom is 0.226 e. The van der Waals surface area contributed by atoms with Crippen LogP contribution in [-0.2, 0) is 4.79 Å². The molecule has 3 nitrogen and oxygen atoms in total. The molecule has 92 valence electrons. The minimum absolute atomic E-state index is 0.0606. The Kier molecular flexibility index (Phi) is 6.15. The first-order valence-corrected chi connectivity index (χ1v) is 6.88. The predicted molar refractivity (Wildman–Crippen MR) is 78.6 cm³/mol. The van der Waals surface area contributed by atoms with Crippen LogP contribution >= 0.6 is 28.1 Å². The molecule has 17 heavy (non-hydrogen) atoms. The average molecular weight is 315 g/mol. The molecule has 1 amide bonds. The predicted octanol–water partition coefficient (Wildman–Crippen LogP) is 2.98. The van der Waals surface area contributed by atoms with Gasteiger partial charge in [-0.2, -0.15) is 0 Å². The number of hydrogen-bond donors (Lipinski definition) is 2. The van der Waals surface area contributed by atoms with E-state index in [9.17, 15) is 4.79 Å². The van der Waals surface area contributed by atoms with Crippen molar-refractivity contribution >= 4 is 44.9 Å². The number of anilines is 1. The van der Waals surface area contributed by atoms with Gasteiger partial charge in [-0.15, -0.1) is 0 Å². The topological polar surface area (TPSA) is 41.1 Å². The Balaban J connectivity index is 2.42. The highest BCUT2D eigenvalue weighted by molar-refractivity contribution is 9.09. The molecule has 0 saturated heterocycles. The van der Waals surface area contributed by atoms with E-state index < -0.39 is 0 Å². The zero-order valence-corrected chi connectivity index (χ0v) is 12.0. The lowest BCUT2D eigenvalue weighted by Gasteiger charge is -2.09. The number of carbonyl (C=O) groups excluding carboxylic acids is 1. The number of aryl methyl sites for hydroxylation is 1. The monoisotopic (exact) mass is 314 g/mol. The van der Waals surface area contributed by atoms with Crippen LogP contribution in [0, 0.1) is 6.92 Å². The third-order valence-corrected chi connectivity index (χ3v) is 2.83. The fraction of sp³-hybridized carbons (Fsp3) is 0.333. The van der Waals surface area contributed by atoms with Crippen molar-refractivity contribution in [2.24, 2.45) is 0 Å². The summed E-state index contributed by atoms with van der Waals surface area (Å²) in [5, 5.41) is 6.78. The van der Waals surface area contributed by atoms with Gasteiger partial charge in [0.2, 0.25) is 5.91 Å². The summed E-state index contributed by atoms with van der Waals surface area (Å²) in [5.74, 6) is -0.0606. The van der Waals surface area contributed by atoms with E-state index in [0.29, 0.717) is 11.5 Å². The largest absolute Gasteiger partial charge is 0.332 e. The summed E-state index contributed by atoms with van der Waals surface area (Å²) in [6, 6.07) is 7.82. The lowest BCUT2D eigenvalue weighted by Crippen LogP contribution is -2.33. The molecule has 0 fully saturated rings. The molecule has 0 heterocycles. The Hall–Kier alpha value is -0.940. The summed E-state index contributed by atoms with van der Waals surface area (Å²) in [5.41, 5.74) is 2.03. The Labute approximate surface area is 115 Å². The Morgan fingerprint density at radius 3 is 2.88 bits per heavy atom. The van der Waals surface area contributed by atoms with Gasteiger partial charge in [0.15, 0.2) is 5.11 Å². The van der Waals surface area contributed by atoms with Crippen LogP contribution in [-0.4, -0.2) is 16.3 Å². The first-order chi connectivity index (χ1) is 8.11. The summed E-state index contributed by atoms with van der Waals surface area (Å²) in [7, 11) is 0. The standard InChI is InChI=1S/C12H15BrN2OS/c1-9-4-2-5-10(8-9)14-12(17)15-11(16)6-3-7-13/h2,4-5,8H,3,6-7H2,1H3,(H2,14,15,16,17). The first kappa shape index (κ1) is 14.1. The number of halogens is 1. The third-order valence-electron chi connectivity index (χ3n) is 2.07. The molecule has 0 saturated carbocycles. The number of alkyl halides is 1. The molecule has 2 N–H and O–H groups in total. The number of benzene rings is 1. The lowest BCUT2D eigenvalue weighted by atomic mass is 10.2. The lowest BCUT2D eigenvalue weighted by molar-refractivity contribution is -0.119. The van der Waals surface area contributed by atoms with Crippen LogP contribution in [0.15, 0.2) is 24.3 Å². The maximum atomic E-state index is 11.4. The second-order valence-corrected chi connectivity index (χ2v) is 4.87. The van der Waals surface area contributed by atoms with Crippen LogP contribution in [0.3, 0.4) is 0 Å². The first-order valence-electron chi connectivity index (χ1n) is 5.35. The molecule has 5 heteroatoms. The third kappa shape index (κ3) is 5.79. The van der Waals surface area contributed by atoms with Crippen molar-refractivity contribution in [3.63, 3.8) is 0 Å². The number of carbonyl (C=O) groups is 1. The van der Waals surface area contributed by atoms with E-state index in [2.05, 4.69) is 26.6 Å². The van der Waals surface area contributed by atoms with Crippen molar-refractivity contribution in [1.82, 2.24) is 5.32 Å². The van der Waals surface area contributed by atoms with E-state index in [1.807, 2.05) is 31.2 Å². The van der Waals surface area contributed by atoms with Gasteiger partial charge < -0.3 is 10.6 Å². The normalized spacial score (nSPS) is 9.76. The molecule has 1 aromatic carbocycles. The minimum atomic E-state index is -0.0606. The van der Waals surface area contributed by atoms with Crippen molar-refractivity contribution < 1.29 is 4.79 Å². The molecule has 0 atom stereocenters. The summed E-state index contributed by atoms with van der Waals surface area (Å²) < 4.78 is 0. The smallest absolute Gasteiger partial charge is 0.226 e. The number of amides is 1. The number of nitrogens with one attached hydrogen (secondary N) is 2. The summed E-state index contributed by atoms with van der Waals surface area (Å²) in [6.07, 6.45) is 1.28.